The summed E-state index contributed by atoms with van der Waals surface area (Å²) in [5.41, 5.74) is 15.0. The van der Waals surface area contributed by atoms with E-state index in [-0.39, 0.29) is 23.9 Å². The highest BCUT2D eigenvalue weighted by molar-refractivity contribution is 5.89. The lowest BCUT2D eigenvalue weighted by Gasteiger charge is -2.22. The van der Waals surface area contributed by atoms with Gasteiger partial charge in [-0.3, -0.25) is 19.6 Å². The molecule has 9 nitrogen and oxygen atoms in total. The quantitative estimate of drug-likeness (QED) is 0.174. The van der Waals surface area contributed by atoms with Gasteiger partial charge in [-0.05, 0) is 13.3 Å². The number of nitrogens with zero attached hydrogens (tertiary/aromatic N) is 2. The first-order valence-electron chi connectivity index (χ1n) is 5.10. The molecule has 1 unspecified atom stereocenters. The van der Waals surface area contributed by atoms with Crippen molar-refractivity contribution in [1.29, 1.82) is 0 Å². The molecule has 2 amide bonds. The van der Waals surface area contributed by atoms with Gasteiger partial charge in [0.1, 0.15) is 12.6 Å². The lowest BCUT2D eigenvalue weighted by molar-refractivity contribution is -0.178. The first-order chi connectivity index (χ1) is 8.25. The number of primary amides is 1. The molecular formula is C9H17N5O4. The number of hydrogen-bond acceptors (Lipinski definition) is 5. The minimum atomic E-state index is -1.14. The number of rotatable bonds is 7. The Bertz CT molecular complexity index is 364. The Morgan fingerprint density at radius 3 is 2.22 bits per heavy atom. The normalized spacial score (nSPS) is 11.4. The van der Waals surface area contributed by atoms with Crippen LogP contribution in [0.3, 0.4) is 0 Å². The van der Waals surface area contributed by atoms with Crippen LogP contribution in [0.5, 0.6) is 0 Å². The van der Waals surface area contributed by atoms with Crippen molar-refractivity contribution >= 4 is 23.6 Å². The van der Waals surface area contributed by atoms with Crippen molar-refractivity contribution in [2.75, 3.05) is 6.54 Å². The first kappa shape index (κ1) is 15.8. The van der Waals surface area contributed by atoms with Crippen LogP contribution in [0, 0.1) is 0 Å². The molecule has 0 aliphatic heterocycles. The van der Waals surface area contributed by atoms with Gasteiger partial charge in [0.15, 0.2) is 11.7 Å². The van der Waals surface area contributed by atoms with Crippen molar-refractivity contribution in [3.63, 3.8) is 0 Å². The van der Waals surface area contributed by atoms with Crippen molar-refractivity contribution in [3.8, 4) is 0 Å². The molecule has 0 fully saturated rings. The van der Waals surface area contributed by atoms with E-state index in [1.54, 1.807) is 0 Å². The molecule has 1 atom stereocenters. The van der Waals surface area contributed by atoms with Crippen LogP contribution < -0.4 is 17.2 Å². The molecule has 0 saturated carbocycles. The van der Waals surface area contributed by atoms with Gasteiger partial charge in [0.05, 0.1) is 0 Å². The first-order valence-corrected chi connectivity index (χ1v) is 5.10. The number of nitrogens with two attached hydrogens (primary N) is 3. The van der Waals surface area contributed by atoms with Crippen molar-refractivity contribution < 1.29 is 19.6 Å². The summed E-state index contributed by atoms with van der Waals surface area (Å²) in [7, 11) is 0. The van der Waals surface area contributed by atoms with Crippen molar-refractivity contribution in [3.05, 3.63) is 0 Å². The number of ketones is 1. The molecule has 0 spiro atoms. The zero-order chi connectivity index (χ0) is 14.3. The van der Waals surface area contributed by atoms with E-state index in [1.165, 1.54) is 6.92 Å². The van der Waals surface area contributed by atoms with Crippen molar-refractivity contribution in [2.45, 2.75) is 25.8 Å². The molecule has 0 aromatic carbocycles. The molecule has 0 aromatic heterocycles. The molecule has 0 rings (SSSR count). The summed E-state index contributed by atoms with van der Waals surface area (Å²) >= 11 is 0. The van der Waals surface area contributed by atoms with Crippen LogP contribution in [0.1, 0.15) is 19.8 Å². The fraction of sp³-hybridized carbons (Fsp3) is 0.556. The fourth-order valence-corrected chi connectivity index (χ4v) is 1.18. The molecule has 0 radical (unpaired) electrons. The molecule has 18 heavy (non-hydrogen) atoms. The van der Waals surface area contributed by atoms with Gasteiger partial charge in [0.2, 0.25) is 5.91 Å². The molecule has 7 N–H and O–H groups in total. The maximum absolute atomic E-state index is 11.4. The molecule has 102 valence electrons. The molecular weight excluding hydrogens is 242 g/mol. The molecule has 9 heteroatoms. The summed E-state index contributed by atoms with van der Waals surface area (Å²) in [4.78, 5) is 36.7. The predicted octanol–water partition coefficient (Wildman–Crippen LogP) is -2.30. The highest BCUT2D eigenvalue weighted by Gasteiger charge is 2.26. The maximum atomic E-state index is 11.4. The topological polar surface area (TPSA) is 165 Å². The largest absolute Gasteiger partial charge is 0.370 e. The molecule has 0 bridgehead atoms. The van der Waals surface area contributed by atoms with Gasteiger partial charge >= 0.3 is 0 Å². The summed E-state index contributed by atoms with van der Waals surface area (Å²) in [6.45, 7) is 0.696. The summed E-state index contributed by atoms with van der Waals surface area (Å²) in [5.74, 6) is -2.27. The Kier molecular flexibility index (Phi) is 6.35. The van der Waals surface area contributed by atoms with Gasteiger partial charge in [-0.15, -0.1) is 0 Å². The minimum Gasteiger partial charge on any atom is -0.370 e. The Morgan fingerprint density at radius 1 is 1.28 bits per heavy atom. The third-order valence-electron chi connectivity index (χ3n) is 2.08. The summed E-state index contributed by atoms with van der Waals surface area (Å²) in [6, 6.07) is -1.14. The van der Waals surface area contributed by atoms with Crippen LogP contribution >= 0.6 is 0 Å². The number of guanidine groups is 1. The third-order valence-corrected chi connectivity index (χ3v) is 2.08. The second-order valence-electron chi connectivity index (χ2n) is 3.61. The molecule has 0 aromatic rings. The molecule has 0 heterocycles. The molecule has 0 saturated heterocycles. The van der Waals surface area contributed by atoms with Crippen LogP contribution in [0.15, 0.2) is 4.99 Å². The number of carbonyl (C=O) groups is 3. The van der Waals surface area contributed by atoms with E-state index < -0.39 is 30.2 Å². The van der Waals surface area contributed by atoms with E-state index in [9.17, 15) is 19.6 Å². The minimum absolute atomic E-state index is 0.0608. The zero-order valence-electron chi connectivity index (χ0n) is 10.00. The summed E-state index contributed by atoms with van der Waals surface area (Å²) < 4.78 is 0. The third kappa shape index (κ3) is 5.80. The average molecular weight is 259 g/mol. The maximum Gasteiger partial charge on any atom is 0.268 e. The average Bonchev–Trinajstić information content (AvgIpc) is 2.24. The van der Waals surface area contributed by atoms with Gasteiger partial charge in [0, 0.05) is 6.42 Å². The lowest BCUT2D eigenvalue weighted by atomic mass is 10.1. The van der Waals surface area contributed by atoms with Gasteiger partial charge < -0.3 is 17.2 Å². The zero-order valence-corrected chi connectivity index (χ0v) is 10.00. The predicted molar refractivity (Wildman–Crippen MR) is 62.2 cm³/mol. The van der Waals surface area contributed by atoms with E-state index in [0.717, 1.165) is 0 Å². The summed E-state index contributed by atoms with van der Waals surface area (Å²) in [6.07, 6.45) is -0.189. The van der Waals surface area contributed by atoms with Gasteiger partial charge in [-0.2, -0.15) is 0 Å². The van der Waals surface area contributed by atoms with Crippen LogP contribution in [-0.2, 0) is 14.4 Å². The van der Waals surface area contributed by atoms with E-state index in [2.05, 4.69) is 4.99 Å². The fourth-order valence-electron chi connectivity index (χ4n) is 1.18. The second kappa shape index (κ2) is 7.22. The molecule has 0 aliphatic rings. The lowest BCUT2D eigenvalue weighted by Crippen LogP contribution is -2.44. The highest BCUT2D eigenvalue weighted by Crippen LogP contribution is 2.07. The van der Waals surface area contributed by atoms with Gasteiger partial charge in [-0.25, -0.2) is 10.1 Å². The number of hydrogen-bond donors (Lipinski definition) is 4. The van der Waals surface area contributed by atoms with Crippen LogP contribution in [0.4, 0.5) is 0 Å². The van der Waals surface area contributed by atoms with Gasteiger partial charge in [-0.1, -0.05) is 0 Å². The number of carbonyl (C=O) groups excluding carboxylic acids is 3. The number of aliphatic imine (C=N–C) groups is 1. The number of hydroxylamine groups is 2. The Balaban J connectivity index is 4.60. The monoisotopic (exact) mass is 259 g/mol. The van der Waals surface area contributed by atoms with Crippen LogP contribution in [0.2, 0.25) is 0 Å². The van der Waals surface area contributed by atoms with E-state index >= 15 is 0 Å². The van der Waals surface area contributed by atoms with E-state index in [0.29, 0.717) is 0 Å². The second-order valence-corrected chi connectivity index (χ2v) is 3.61. The van der Waals surface area contributed by atoms with E-state index in [1.807, 2.05) is 0 Å². The Morgan fingerprint density at radius 2 is 1.83 bits per heavy atom. The van der Waals surface area contributed by atoms with Crippen LogP contribution in [0.25, 0.3) is 0 Å². The van der Waals surface area contributed by atoms with E-state index in [4.69, 9.17) is 17.2 Å². The summed E-state index contributed by atoms with van der Waals surface area (Å²) in [5, 5.41) is 9.75. The highest BCUT2D eigenvalue weighted by atomic mass is 16.5. The standard InChI is InChI=1S/C9H17N5O4/c1-5(15)6(2-3-7(10)16)14(18)8(17)4-13-9(11)12/h6,18H,2-4H2,1H3,(H2,10,16)(H4,11,12,13). The van der Waals surface area contributed by atoms with Gasteiger partial charge in [0.25, 0.3) is 5.91 Å². The van der Waals surface area contributed by atoms with Crippen molar-refractivity contribution in [2.24, 2.45) is 22.2 Å². The SMILES string of the molecule is CC(=O)C(CCC(N)=O)N(O)C(=O)CN=C(N)N. The van der Waals surface area contributed by atoms with Crippen LogP contribution in [-0.4, -0.2) is 46.4 Å². The molecule has 0 aliphatic carbocycles. The van der Waals surface area contributed by atoms with Crippen molar-refractivity contribution in [1.82, 2.24) is 5.06 Å². The number of Topliss-reactive ketones (excluding diaryl/α,β-unsaturated/α-hetero) is 1. The Hall–Kier alpha value is -2.16. The number of amides is 2. The Labute approximate surface area is 104 Å². The smallest absolute Gasteiger partial charge is 0.268 e.